The highest BCUT2D eigenvalue weighted by Crippen LogP contribution is 2.33. The molecule has 0 saturated carbocycles. The number of benzene rings is 2. The normalized spacial score (nSPS) is 19.3. The molecule has 0 aliphatic carbocycles. The highest BCUT2D eigenvalue weighted by Gasteiger charge is 2.15. The van der Waals surface area contributed by atoms with E-state index in [2.05, 4.69) is 51.6 Å². The predicted molar refractivity (Wildman–Crippen MR) is 78.2 cm³/mol. The van der Waals surface area contributed by atoms with Crippen LogP contribution in [0.2, 0.25) is 0 Å². The second-order valence-electron chi connectivity index (χ2n) is 4.70. The zero-order valence-corrected chi connectivity index (χ0v) is 11.7. The molecule has 1 saturated heterocycles. The SMILES string of the molecule is Brc1c(OC[C@@H]2CCCN2)ccc2ccccc12. The van der Waals surface area contributed by atoms with E-state index >= 15 is 0 Å². The third kappa shape index (κ3) is 2.38. The van der Waals surface area contributed by atoms with Crippen molar-refractivity contribution >= 4 is 26.7 Å². The molecule has 2 aromatic carbocycles. The molecule has 2 nitrogen and oxygen atoms in total. The van der Waals surface area contributed by atoms with E-state index in [-0.39, 0.29) is 0 Å². The number of rotatable bonds is 3. The van der Waals surface area contributed by atoms with E-state index in [1.807, 2.05) is 6.07 Å². The second-order valence-corrected chi connectivity index (χ2v) is 5.50. The van der Waals surface area contributed by atoms with Gasteiger partial charge in [0.2, 0.25) is 0 Å². The lowest BCUT2D eigenvalue weighted by Gasteiger charge is -2.14. The second kappa shape index (κ2) is 5.29. The fourth-order valence-electron chi connectivity index (χ4n) is 2.41. The summed E-state index contributed by atoms with van der Waals surface area (Å²) >= 11 is 3.65. The summed E-state index contributed by atoms with van der Waals surface area (Å²) in [6, 6.07) is 13.0. The molecule has 0 aromatic heterocycles. The van der Waals surface area contributed by atoms with Crippen LogP contribution in [0.5, 0.6) is 5.75 Å². The summed E-state index contributed by atoms with van der Waals surface area (Å²) in [5.41, 5.74) is 0. The van der Waals surface area contributed by atoms with Crippen molar-refractivity contribution in [2.45, 2.75) is 18.9 Å². The van der Waals surface area contributed by atoms with Gasteiger partial charge in [0.25, 0.3) is 0 Å². The van der Waals surface area contributed by atoms with Crippen LogP contribution in [-0.2, 0) is 0 Å². The van der Waals surface area contributed by atoms with Crippen LogP contribution in [0, 0.1) is 0 Å². The Labute approximate surface area is 115 Å². The summed E-state index contributed by atoms with van der Waals surface area (Å²) in [6.45, 7) is 1.86. The molecule has 0 amide bonds. The first-order valence-corrected chi connectivity index (χ1v) is 7.17. The fraction of sp³-hybridized carbons (Fsp3) is 0.333. The Hall–Kier alpha value is -1.06. The topological polar surface area (TPSA) is 21.3 Å². The van der Waals surface area contributed by atoms with Gasteiger partial charge in [0.1, 0.15) is 12.4 Å². The van der Waals surface area contributed by atoms with Crippen molar-refractivity contribution in [3.8, 4) is 5.75 Å². The van der Waals surface area contributed by atoms with Crippen LogP contribution in [0.4, 0.5) is 0 Å². The molecule has 1 aliphatic heterocycles. The summed E-state index contributed by atoms with van der Waals surface area (Å²) in [5, 5.41) is 5.88. The van der Waals surface area contributed by atoms with Crippen LogP contribution >= 0.6 is 15.9 Å². The number of nitrogens with one attached hydrogen (secondary N) is 1. The summed E-state index contributed by atoms with van der Waals surface area (Å²) in [5.74, 6) is 0.933. The van der Waals surface area contributed by atoms with E-state index in [1.54, 1.807) is 0 Å². The first-order chi connectivity index (χ1) is 8.84. The van der Waals surface area contributed by atoms with Crippen LogP contribution in [-0.4, -0.2) is 19.2 Å². The molecule has 18 heavy (non-hydrogen) atoms. The van der Waals surface area contributed by atoms with Gasteiger partial charge in [-0.2, -0.15) is 0 Å². The Morgan fingerprint density at radius 3 is 2.94 bits per heavy atom. The number of halogens is 1. The molecule has 94 valence electrons. The molecule has 1 fully saturated rings. The van der Waals surface area contributed by atoms with Gasteiger partial charge in [-0.05, 0) is 52.2 Å². The van der Waals surface area contributed by atoms with Gasteiger partial charge < -0.3 is 10.1 Å². The average Bonchev–Trinajstić information content (AvgIpc) is 2.91. The van der Waals surface area contributed by atoms with Gasteiger partial charge in [0.05, 0.1) is 4.47 Å². The van der Waals surface area contributed by atoms with Gasteiger partial charge in [0, 0.05) is 6.04 Å². The van der Waals surface area contributed by atoms with Crippen LogP contribution in [0.25, 0.3) is 10.8 Å². The van der Waals surface area contributed by atoms with E-state index in [0.717, 1.165) is 23.4 Å². The first kappa shape index (κ1) is 12.0. The van der Waals surface area contributed by atoms with E-state index in [4.69, 9.17) is 4.74 Å². The van der Waals surface area contributed by atoms with Crippen molar-refractivity contribution in [1.29, 1.82) is 0 Å². The van der Waals surface area contributed by atoms with Crippen LogP contribution in [0.15, 0.2) is 40.9 Å². The van der Waals surface area contributed by atoms with E-state index in [1.165, 1.54) is 23.6 Å². The highest BCUT2D eigenvalue weighted by molar-refractivity contribution is 9.10. The van der Waals surface area contributed by atoms with E-state index in [9.17, 15) is 0 Å². The molecule has 1 atom stereocenters. The van der Waals surface area contributed by atoms with Crippen LogP contribution < -0.4 is 10.1 Å². The third-order valence-electron chi connectivity index (χ3n) is 3.43. The molecule has 1 heterocycles. The monoisotopic (exact) mass is 305 g/mol. The molecule has 3 heteroatoms. The molecule has 0 bridgehead atoms. The average molecular weight is 306 g/mol. The standard InChI is InChI=1S/C15H16BrNO/c16-15-13-6-2-1-4-11(13)7-8-14(15)18-10-12-5-3-9-17-12/h1-2,4,6-8,12,17H,3,5,9-10H2/t12-/m0/s1. The molecule has 1 aliphatic rings. The van der Waals surface area contributed by atoms with Gasteiger partial charge >= 0.3 is 0 Å². The summed E-state index contributed by atoms with van der Waals surface area (Å²) in [6.07, 6.45) is 2.47. The van der Waals surface area contributed by atoms with Crippen molar-refractivity contribution in [3.63, 3.8) is 0 Å². The van der Waals surface area contributed by atoms with Crippen molar-refractivity contribution in [2.24, 2.45) is 0 Å². The van der Waals surface area contributed by atoms with E-state index < -0.39 is 0 Å². The van der Waals surface area contributed by atoms with Gasteiger partial charge in [-0.1, -0.05) is 30.3 Å². The quantitative estimate of drug-likeness (QED) is 0.933. The molecule has 0 radical (unpaired) electrons. The Balaban J connectivity index is 1.81. The number of fused-ring (bicyclic) bond motifs is 1. The minimum Gasteiger partial charge on any atom is -0.491 e. The summed E-state index contributed by atoms with van der Waals surface area (Å²) in [4.78, 5) is 0. The van der Waals surface area contributed by atoms with Crippen molar-refractivity contribution in [3.05, 3.63) is 40.9 Å². The number of ether oxygens (including phenoxy) is 1. The first-order valence-electron chi connectivity index (χ1n) is 6.38. The predicted octanol–water partition coefficient (Wildman–Crippen LogP) is 3.73. The van der Waals surface area contributed by atoms with Gasteiger partial charge in [0.15, 0.2) is 0 Å². The Morgan fingerprint density at radius 1 is 1.22 bits per heavy atom. The molecule has 0 unspecified atom stereocenters. The van der Waals surface area contributed by atoms with Crippen LogP contribution in [0.3, 0.4) is 0 Å². The number of hydrogen-bond acceptors (Lipinski definition) is 2. The minimum atomic E-state index is 0.503. The van der Waals surface area contributed by atoms with Gasteiger partial charge in [-0.3, -0.25) is 0 Å². The van der Waals surface area contributed by atoms with E-state index in [0.29, 0.717) is 6.04 Å². The summed E-state index contributed by atoms with van der Waals surface area (Å²) in [7, 11) is 0. The fourth-order valence-corrected chi connectivity index (χ4v) is 3.02. The van der Waals surface area contributed by atoms with Crippen molar-refractivity contribution in [2.75, 3.05) is 13.2 Å². The number of hydrogen-bond donors (Lipinski definition) is 1. The zero-order chi connectivity index (χ0) is 12.4. The van der Waals surface area contributed by atoms with Gasteiger partial charge in [-0.15, -0.1) is 0 Å². The Morgan fingerprint density at radius 2 is 2.11 bits per heavy atom. The maximum absolute atomic E-state index is 5.92. The molecular formula is C15H16BrNO. The Kier molecular flexibility index (Phi) is 3.52. The molecule has 1 N–H and O–H groups in total. The van der Waals surface area contributed by atoms with Crippen LogP contribution in [0.1, 0.15) is 12.8 Å². The maximum atomic E-state index is 5.92. The molecule has 3 rings (SSSR count). The molecular weight excluding hydrogens is 290 g/mol. The van der Waals surface area contributed by atoms with Crippen molar-refractivity contribution < 1.29 is 4.74 Å². The smallest absolute Gasteiger partial charge is 0.134 e. The largest absolute Gasteiger partial charge is 0.491 e. The lowest BCUT2D eigenvalue weighted by Crippen LogP contribution is -2.28. The molecule has 2 aromatic rings. The maximum Gasteiger partial charge on any atom is 0.134 e. The zero-order valence-electron chi connectivity index (χ0n) is 10.2. The lowest BCUT2D eigenvalue weighted by atomic mass is 10.1. The Bertz CT molecular complexity index is 549. The lowest BCUT2D eigenvalue weighted by molar-refractivity contribution is 0.276. The third-order valence-corrected chi connectivity index (χ3v) is 4.25. The molecule has 0 spiro atoms. The van der Waals surface area contributed by atoms with Gasteiger partial charge in [-0.25, -0.2) is 0 Å². The highest BCUT2D eigenvalue weighted by atomic mass is 79.9. The van der Waals surface area contributed by atoms with Crippen molar-refractivity contribution in [1.82, 2.24) is 5.32 Å². The minimum absolute atomic E-state index is 0.503. The summed E-state index contributed by atoms with van der Waals surface area (Å²) < 4.78 is 6.97.